The third kappa shape index (κ3) is 4.30. The van der Waals surface area contributed by atoms with Gasteiger partial charge in [0.1, 0.15) is 5.69 Å². The highest BCUT2D eigenvalue weighted by Crippen LogP contribution is 2.05. The summed E-state index contributed by atoms with van der Waals surface area (Å²) in [7, 11) is 0. The normalized spacial score (nSPS) is 10.1. The average molecular weight is 289 g/mol. The third-order valence-corrected chi connectivity index (χ3v) is 2.63. The fourth-order valence-corrected chi connectivity index (χ4v) is 1.64. The number of anilines is 1. The minimum Gasteiger partial charge on any atom is -0.477 e. The van der Waals surface area contributed by atoms with Crippen molar-refractivity contribution in [1.29, 1.82) is 0 Å². The van der Waals surface area contributed by atoms with Crippen LogP contribution >= 0.6 is 0 Å². The monoisotopic (exact) mass is 289 g/mol. The number of carbonyl (C=O) groups excluding carboxylic acids is 1. The number of aromatic carboxylic acids is 1. The van der Waals surface area contributed by atoms with Crippen molar-refractivity contribution in [3.8, 4) is 0 Å². The fourth-order valence-electron chi connectivity index (χ4n) is 1.64. The van der Waals surface area contributed by atoms with Crippen LogP contribution in [0, 0.1) is 6.92 Å². The number of nitrogens with one attached hydrogen (secondary N) is 2. The van der Waals surface area contributed by atoms with Crippen LogP contribution in [0.5, 0.6) is 0 Å². The second kappa shape index (κ2) is 6.51. The number of amides is 2. The highest BCUT2D eigenvalue weighted by atomic mass is 16.4. The Bertz CT molecular complexity index is 636. The van der Waals surface area contributed by atoms with Crippen LogP contribution in [0.4, 0.5) is 10.5 Å². The first-order chi connectivity index (χ1) is 10.0. The molecule has 0 radical (unpaired) electrons. The molecule has 2 heterocycles. The first kappa shape index (κ1) is 14.5. The molecule has 3 N–H and O–H groups in total. The molecule has 21 heavy (non-hydrogen) atoms. The standard InChI is InChI=1S/C13H15N5O3/c1-9-6-16-18(8-9)5-4-14-13(21)17-10-2-3-11(12(19)20)15-7-10/h2-3,6-8H,4-5H2,1H3,(H,19,20)(H2,14,17,21). The van der Waals surface area contributed by atoms with E-state index < -0.39 is 5.97 Å². The topological polar surface area (TPSA) is 109 Å². The second-order valence-electron chi connectivity index (χ2n) is 4.40. The molecule has 2 aromatic rings. The Hall–Kier alpha value is -2.90. The molecule has 8 heteroatoms. The predicted octanol–water partition coefficient (Wildman–Crippen LogP) is 1.11. The molecule has 0 aliphatic carbocycles. The molecule has 2 aromatic heterocycles. The van der Waals surface area contributed by atoms with Crippen molar-refractivity contribution < 1.29 is 14.7 Å². The van der Waals surface area contributed by atoms with E-state index in [2.05, 4.69) is 20.7 Å². The second-order valence-corrected chi connectivity index (χ2v) is 4.40. The van der Waals surface area contributed by atoms with Crippen molar-refractivity contribution >= 4 is 17.7 Å². The van der Waals surface area contributed by atoms with E-state index in [-0.39, 0.29) is 11.7 Å². The van der Waals surface area contributed by atoms with Crippen LogP contribution in [-0.2, 0) is 6.54 Å². The molecule has 2 rings (SSSR count). The SMILES string of the molecule is Cc1cnn(CCNC(=O)Nc2ccc(C(=O)O)nc2)c1. The van der Waals surface area contributed by atoms with Crippen LogP contribution < -0.4 is 10.6 Å². The molecule has 0 aliphatic rings. The van der Waals surface area contributed by atoms with Gasteiger partial charge in [0.15, 0.2) is 0 Å². The van der Waals surface area contributed by atoms with Crippen LogP contribution in [0.3, 0.4) is 0 Å². The number of carboxylic acid groups (broad SMARTS) is 1. The van der Waals surface area contributed by atoms with E-state index in [1.165, 1.54) is 18.3 Å². The van der Waals surface area contributed by atoms with Crippen molar-refractivity contribution in [2.75, 3.05) is 11.9 Å². The zero-order valence-electron chi connectivity index (χ0n) is 11.4. The number of urea groups is 1. The molecule has 2 amide bonds. The van der Waals surface area contributed by atoms with E-state index in [1.54, 1.807) is 10.9 Å². The Morgan fingerprint density at radius 3 is 2.71 bits per heavy atom. The lowest BCUT2D eigenvalue weighted by Gasteiger charge is -2.07. The first-order valence-electron chi connectivity index (χ1n) is 6.28. The van der Waals surface area contributed by atoms with Gasteiger partial charge >= 0.3 is 12.0 Å². The number of nitrogens with zero attached hydrogens (tertiary/aromatic N) is 3. The lowest BCUT2D eigenvalue weighted by molar-refractivity contribution is 0.0690. The summed E-state index contributed by atoms with van der Waals surface area (Å²) >= 11 is 0. The zero-order chi connectivity index (χ0) is 15.2. The van der Waals surface area contributed by atoms with E-state index in [1.807, 2.05) is 13.1 Å². The maximum absolute atomic E-state index is 11.6. The van der Waals surface area contributed by atoms with E-state index in [9.17, 15) is 9.59 Å². The summed E-state index contributed by atoms with van der Waals surface area (Å²) in [4.78, 5) is 26.0. The van der Waals surface area contributed by atoms with Crippen LogP contribution in [0.1, 0.15) is 16.1 Å². The Labute approximate surface area is 120 Å². The first-order valence-corrected chi connectivity index (χ1v) is 6.28. The molecule has 0 spiro atoms. The molecular weight excluding hydrogens is 274 g/mol. The molecular formula is C13H15N5O3. The number of hydrogen-bond acceptors (Lipinski definition) is 4. The smallest absolute Gasteiger partial charge is 0.354 e. The predicted molar refractivity (Wildman–Crippen MR) is 75.2 cm³/mol. The molecule has 0 saturated heterocycles. The van der Waals surface area contributed by atoms with Crippen LogP contribution in [0.25, 0.3) is 0 Å². The highest BCUT2D eigenvalue weighted by molar-refractivity contribution is 5.90. The molecule has 0 aliphatic heterocycles. The maximum Gasteiger partial charge on any atom is 0.354 e. The summed E-state index contributed by atoms with van der Waals surface area (Å²) in [6.07, 6.45) is 4.92. The van der Waals surface area contributed by atoms with Gasteiger partial charge in [0.05, 0.1) is 24.6 Å². The summed E-state index contributed by atoms with van der Waals surface area (Å²) < 4.78 is 1.73. The van der Waals surface area contributed by atoms with Crippen LogP contribution in [-0.4, -0.2) is 38.4 Å². The molecule has 8 nitrogen and oxygen atoms in total. The number of aryl methyl sites for hydroxylation is 1. The average Bonchev–Trinajstić information content (AvgIpc) is 2.85. The Kier molecular flexibility index (Phi) is 4.50. The molecule has 0 aromatic carbocycles. The van der Waals surface area contributed by atoms with Gasteiger partial charge in [0, 0.05) is 12.7 Å². The number of carbonyl (C=O) groups is 2. The minimum atomic E-state index is -1.11. The van der Waals surface area contributed by atoms with E-state index >= 15 is 0 Å². The van der Waals surface area contributed by atoms with Gasteiger partial charge in [-0.05, 0) is 24.6 Å². The van der Waals surface area contributed by atoms with Gasteiger partial charge in [-0.3, -0.25) is 4.68 Å². The van der Waals surface area contributed by atoms with Gasteiger partial charge in [0.2, 0.25) is 0 Å². The molecule has 0 unspecified atom stereocenters. The van der Waals surface area contributed by atoms with Crippen molar-refractivity contribution in [2.24, 2.45) is 0 Å². The number of hydrogen-bond donors (Lipinski definition) is 3. The van der Waals surface area contributed by atoms with Gasteiger partial charge in [-0.1, -0.05) is 0 Å². The van der Waals surface area contributed by atoms with Crippen LogP contribution in [0.15, 0.2) is 30.7 Å². The number of rotatable bonds is 5. The molecule has 0 atom stereocenters. The Balaban J connectivity index is 1.77. The van der Waals surface area contributed by atoms with E-state index in [0.717, 1.165) is 5.56 Å². The zero-order valence-corrected chi connectivity index (χ0v) is 11.4. The van der Waals surface area contributed by atoms with Crippen LogP contribution in [0.2, 0.25) is 0 Å². The van der Waals surface area contributed by atoms with Crippen molar-refractivity contribution in [2.45, 2.75) is 13.5 Å². The summed E-state index contributed by atoms with van der Waals surface area (Å²) in [5.41, 5.74) is 1.41. The van der Waals surface area contributed by atoms with Gasteiger partial charge in [-0.25, -0.2) is 14.6 Å². The van der Waals surface area contributed by atoms with Gasteiger partial charge in [0.25, 0.3) is 0 Å². The summed E-state index contributed by atoms with van der Waals surface area (Å²) in [5.74, 6) is -1.11. The van der Waals surface area contributed by atoms with Gasteiger partial charge in [-0.2, -0.15) is 5.10 Å². The number of pyridine rings is 1. The lowest BCUT2D eigenvalue weighted by atomic mass is 10.3. The minimum absolute atomic E-state index is 0.0741. The maximum atomic E-state index is 11.6. The molecule has 0 saturated carbocycles. The highest BCUT2D eigenvalue weighted by Gasteiger charge is 2.05. The van der Waals surface area contributed by atoms with Crippen molar-refractivity contribution in [3.63, 3.8) is 0 Å². The lowest BCUT2D eigenvalue weighted by Crippen LogP contribution is -2.31. The number of aromatic nitrogens is 3. The quantitative estimate of drug-likeness (QED) is 0.763. The molecule has 0 fully saturated rings. The van der Waals surface area contributed by atoms with Crippen molar-refractivity contribution in [3.05, 3.63) is 42.0 Å². The third-order valence-electron chi connectivity index (χ3n) is 2.63. The number of carboxylic acids is 1. The molecule has 110 valence electrons. The summed E-state index contributed by atoms with van der Waals surface area (Å²) in [6, 6.07) is 2.42. The fraction of sp³-hybridized carbons (Fsp3) is 0.231. The summed E-state index contributed by atoms with van der Waals surface area (Å²) in [6.45, 7) is 2.93. The summed E-state index contributed by atoms with van der Waals surface area (Å²) in [5, 5.41) is 18.1. The van der Waals surface area contributed by atoms with E-state index in [4.69, 9.17) is 5.11 Å². The van der Waals surface area contributed by atoms with E-state index in [0.29, 0.717) is 18.8 Å². The Morgan fingerprint density at radius 1 is 1.33 bits per heavy atom. The van der Waals surface area contributed by atoms with Gasteiger partial charge in [-0.15, -0.1) is 0 Å². The largest absolute Gasteiger partial charge is 0.477 e. The Morgan fingerprint density at radius 2 is 2.14 bits per heavy atom. The van der Waals surface area contributed by atoms with Gasteiger partial charge < -0.3 is 15.7 Å². The van der Waals surface area contributed by atoms with Crippen molar-refractivity contribution in [1.82, 2.24) is 20.1 Å². The molecule has 0 bridgehead atoms.